The highest BCUT2D eigenvalue weighted by Crippen LogP contribution is 2.19. The van der Waals surface area contributed by atoms with Crippen LogP contribution in [0.5, 0.6) is 0 Å². The summed E-state index contributed by atoms with van der Waals surface area (Å²) in [7, 11) is 2.16. The molecule has 0 aromatic carbocycles. The number of rotatable bonds is 8. The van der Waals surface area contributed by atoms with Crippen molar-refractivity contribution in [1.29, 1.82) is 0 Å². The van der Waals surface area contributed by atoms with Crippen LogP contribution in [-0.4, -0.2) is 25.1 Å². The van der Waals surface area contributed by atoms with Crippen LogP contribution in [0.1, 0.15) is 24.3 Å². The molecule has 114 valence electrons. The summed E-state index contributed by atoms with van der Waals surface area (Å²) in [4.78, 5) is 8.04. The van der Waals surface area contributed by atoms with Crippen molar-refractivity contribution in [3.63, 3.8) is 0 Å². The van der Waals surface area contributed by atoms with Gasteiger partial charge in [-0.2, -0.15) is 0 Å². The van der Waals surface area contributed by atoms with Crippen molar-refractivity contribution in [3.05, 3.63) is 46.4 Å². The van der Waals surface area contributed by atoms with Crippen molar-refractivity contribution in [3.8, 4) is 0 Å². The third-order valence-corrected chi connectivity index (χ3v) is 4.37. The van der Waals surface area contributed by atoms with E-state index in [4.69, 9.17) is 0 Å². The SMILES string of the molecule is CC(C)CNCc1cnccc1N(C)CCc1cccs1. The molecule has 3 nitrogen and oxygen atoms in total. The number of nitrogens with zero attached hydrogens (tertiary/aromatic N) is 2. The third kappa shape index (κ3) is 5.14. The lowest BCUT2D eigenvalue weighted by Crippen LogP contribution is -2.24. The van der Waals surface area contributed by atoms with E-state index < -0.39 is 0 Å². The molecule has 0 saturated carbocycles. The Morgan fingerprint density at radius 1 is 1.33 bits per heavy atom. The van der Waals surface area contributed by atoms with E-state index in [0.717, 1.165) is 26.1 Å². The fourth-order valence-electron chi connectivity index (χ4n) is 2.28. The molecule has 4 heteroatoms. The Morgan fingerprint density at radius 2 is 2.19 bits per heavy atom. The minimum atomic E-state index is 0.668. The molecular formula is C17H25N3S. The molecule has 2 rings (SSSR count). The van der Waals surface area contributed by atoms with Crippen molar-refractivity contribution in [1.82, 2.24) is 10.3 Å². The number of aromatic nitrogens is 1. The Kier molecular flexibility index (Phi) is 6.21. The molecule has 0 unspecified atom stereocenters. The lowest BCUT2D eigenvalue weighted by Gasteiger charge is -2.22. The molecule has 2 aromatic rings. The van der Waals surface area contributed by atoms with Crippen LogP contribution >= 0.6 is 11.3 Å². The quantitative estimate of drug-likeness (QED) is 0.808. The second-order valence-corrected chi connectivity index (χ2v) is 6.81. The van der Waals surface area contributed by atoms with Crippen molar-refractivity contribution >= 4 is 17.0 Å². The molecule has 2 heterocycles. The average Bonchev–Trinajstić information content (AvgIpc) is 2.98. The fourth-order valence-corrected chi connectivity index (χ4v) is 2.98. The Labute approximate surface area is 132 Å². The molecule has 0 amide bonds. The summed E-state index contributed by atoms with van der Waals surface area (Å²) in [6, 6.07) is 6.44. The first-order valence-corrected chi connectivity index (χ1v) is 8.42. The summed E-state index contributed by atoms with van der Waals surface area (Å²) in [5.74, 6) is 0.668. The van der Waals surface area contributed by atoms with Crippen LogP contribution < -0.4 is 10.2 Å². The molecule has 0 aliphatic carbocycles. The maximum Gasteiger partial charge on any atom is 0.0440 e. The lowest BCUT2D eigenvalue weighted by molar-refractivity contribution is 0.551. The second kappa shape index (κ2) is 8.15. The smallest absolute Gasteiger partial charge is 0.0440 e. The minimum Gasteiger partial charge on any atom is -0.374 e. The first kappa shape index (κ1) is 16.0. The lowest BCUT2D eigenvalue weighted by atomic mass is 10.2. The highest BCUT2D eigenvalue weighted by Gasteiger charge is 2.08. The fraction of sp³-hybridized carbons (Fsp3) is 0.471. The molecule has 21 heavy (non-hydrogen) atoms. The molecule has 0 aliphatic heterocycles. The number of likely N-dealkylation sites (N-methyl/N-ethyl adjacent to an activating group) is 1. The maximum atomic E-state index is 4.27. The molecule has 2 aromatic heterocycles. The van der Waals surface area contributed by atoms with Crippen molar-refractivity contribution < 1.29 is 0 Å². The van der Waals surface area contributed by atoms with Gasteiger partial charge in [0.1, 0.15) is 0 Å². The number of pyridine rings is 1. The van der Waals surface area contributed by atoms with E-state index in [0.29, 0.717) is 5.92 Å². The van der Waals surface area contributed by atoms with Crippen molar-refractivity contribution in [2.24, 2.45) is 5.92 Å². The van der Waals surface area contributed by atoms with Crippen LogP contribution in [0.2, 0.25) is 0 Å². The van der Waals surface area contributed by atoms with Gasteiger partial charge in [0.25, 0.3) is 0 Å². The van der Waals surface area contributed by atoms with Crippen molar-refractivity contribution in [2.45, 2.75) is 26.8 Å². The normalized spacial score (nSPS) is 11.0. The maximum absolute atomic E-state index is 4.27. The topological polar surface area (TPSA) is 28.2 Å². The van der Waals surface area contributed by atoms with Gasteiger partial charge >= 0.3 is 0 Å². The summed E-state index contributed by atoms with van der Waals surface area (Å²) in [5, 5.41) is 5.64. The summed E-state index contributed by atoms with van der Waals surface area (Å²) in [6.45, 7) is 7.40. The molecule has 0 bridgehead atoms. The van der Waals surface area contributed by atoms with E-state index in [1.807, 2.05) is 23.7 Å². The van der Waals surface area contributed by atoms with Crippen LogP contribution in [0, 0.1) is 5.92 Å². The van der Waals surface area contributed by atoms with Gasteiger partial charge in [0, 0.05) is 48.7 Å². The van der Waals surface area contributed by atoms with E-state index in [-0.39, 0.29) is 0 Å². The Balaban J connectivity index is 1.94. The van der Waals surface area contributed by atoms with Crippen LogP contribution in [0.3, 0.4) is 0 Å². The highest BCUT2D eigenvalue weighted by atomic mass is 32.1. The van der Waals surface area contributed by atoms with Gasteiger partial charge in [-0.1, -0.05) is 19.9 Å². The minimum absolute atomic E-state index is 0.668. The Hall–Kier alpha value is -1.39. The molecule has 0 fully saturated rings. The van der Waals surface area contributed by atoms with Gasteiger partial charge in [-0.25, -0.2) is 0 Å². The van der Waals surface area contributed by atoms with Gasteiger partial charge < -0.3 is 10.2 Å². The molecule has 0 saturated heterocycles. The van der Waals surface area contributed by atoms with E-state index in [1.165, 1.54) is 16.1 Å². The number of anilines is 1. The van der Waals surface area contributed by atoms with E-state index in [9.17, 15) is 0 Å². The van der Waals surface area contributed by atoms with Gasteiger partial charge in [-0.05, 0) is 36.4 Å². The van der Waals surface area contributed by atoms with Gasteiger partial charge in [0.15, 0.2) is 0 Å². The predicted octanol–water partition coefficient (Wildman–Crippen LogP) is 3.57. The van der Waals surface area contributed by atoms with Gasteiger partial charge in [-0.15, -0.1) is 11.3 Å². The first-order chi connectivity index (χ1) is 10.2. The first-order valence-electron chi connectivity index (χ1n) is 7.54. The van der Waals surface area contributed by atoms with Crippen LogP contribution in [0.15, 0.2) is 36.0 Å². The van der Waals surface area contributed by atoms with Crippen LogP contribution in [0.25, 0.3) is 0 Å². The highest BCUT2D eigenvalue weighted by molar-refractivity contribution is 7.09. The molecular weight excluding hydrogens is 278 g/mol. The Bertz CT molecular complexity index is 523. The molecule has 0 spiro atoms. The summed E-state index contributed by atoms with van der Waals surface area (Å²) in [6.07, 6.45) is 4.95. The zero-order chi connectivity index (χ0) is 15.1. The molecule has 0 atom stereocenters. The van der Waals surface area contributed by atoms with Crippen molar-refractivity contribution in [2.75, 3.05) is 25.0 Å². The molecule has 0 radical (unpaired) electrons. The number of nitrogens with one attached hydrogen (secondary N) is 1. The zero-order valence-electron chi connectivity index (χ0n) is 13.2. The largest absolute Gasteiger partial charge is 0.374 e. The average molecular weight is 303 g/mol. The summed E-state index contributed by atoms with van der Waals surface area (Å²) < 4.78 is 0. The second-order valence-electron chi connectivity index (χ2n) is 5.78. The van der Waals surface area contributed by atoms with Gasteiger partial charge in [0.05, 0.1) is 0 Å². The number of hydrogen-bond acceptors (Lipinski definition) is 4. The predicted molar refractivity (Wildman–Crippen MR) is 92.1 cm³/mol. The Morgan fingerprint density at radius 3 is 2.90 bits per heavy atom. The van der Waals surface area contributed by atoms with Crippen LogP contribution in [-0.2, 0) is 13.0 Å². The number of thiophene rings is 1. The van der Waals surface area contributed by atoms with Gasteiger partial charge in [-0.3, -0.25) is 4.98 Å². The summed E-state index contributed by atoms with van der Waals surface area (Å²) in [5.41, 5.74) is 2.55. The number of hydrogen-bond donors (Lipinski definition) is 1. The third-order valence-electron chi connectivity index (χ3n) is 3.43. The zero-order valence-corrected chi connectivity index (χ0v) is 14.0. The molecule has 0 aliphatic rings. The van der Waals surface area contributed by atoms with E-state index in [1.54, 1.807) is 0 Å². The van der Waals surface area contributed by atoms with Gasteiger partial charge in [0.2, 0.25) is 0 Å². The summed E-state index contributed by atoms with van der Waals surface area (Å²) >= 11 is 1.83. The van der Waals surface area contributed by atoms with E-state index in [2.05, 4.69) is 59.7 Å². The monoisotopic (exact) mass is 303 g/mol. The van der Waals surface area contributed by atoms with Crippen LogP contribution in [0.4, 0.5) is 5.69 Å². The van der Waals surface area contributed by atoms with E-state index >= 15 is 0 Å². The standard InChI is InChI=1S/C17H25N3S/c1-14(2)11-19-13-15-12-18-8-6-17(15)20(3)9-7-16-5-4-10-21-16/h4-6,8,10,12,14,19H,7,9,11,13H2,1-3H3. The molecule has 1 N–H and O–H groups in total.